The van der Waals surface area contributed by atoms with Crippen LogP contribution in [0.2, 0.25) is 0 Å². The summed E-state index contributed by atoms with van der Waals surface area (Å²) in [6.07, 6.45) is 5.36. The Labute approximate surface area is 176 Å². The van der Waals surface area contributed by atoms with Crippen LogP contribution in [0.1, 0.15) is 64.4 Å². The van der Waals surface area contributed by atoms with Gasteiger partial charge in [-0.05, 0) is 61.4 Å². The Morgan fingerprint density at radius 3 is 2.33 bits per heavy atom. The number of carbonyl (C=O) groups excluding carboxylic acids is 1. The van der Waals surface area contributed by atoms with E-state index in [0.717, 1.165) is 18.6 Å². The molecule has 4 rings (SSSR count). The van der Waals surface area contributed by atoms with Gasteiger partial charge in [0.25, 0.3) is 0 Å². The van der Waals surface area contributed by atoms with Crippen LogP contribution in [-0.4, -0.2) is 41.4 Å². The number of hydrogen-bond acceptors (Lipinski definition) is 5. The van der Waals surface area contributed by atoms with Crippen LogP contribution in [0.15, 0.2) is 54.6 Å². The molecule has 2 aliphatic rings. The number of hydrogen-bond donors (Lipinski definition) is 1. The van der Waals surface area contributed by atoms with Crippen molar-refractivity contribution in [2.45, 2.75) is 44.2 Å². The van der Waals surface area contributed by atoms with Crippen molar-refractivity contribution in [3.8, 4) is 0 Å². The number of hydroxylamine groups is 2. The number of carbonyl (C=O) groups is 2. The van der Waals surface area contributed by atoms with Crippen LogP contribution >= 0.6 is 0 Å². The number of piperidine rings is 1. The van der Waals surface area contributed by atoms with Gasteiger partial charge in [-0.2, -0.15) is 0 Å². The Morgan fingerprint density at radius 1 is 0.967 bits per heavy atom. The lowest BCUT2D eigenvalue weighted by molar-refractivity contribution is -0.175. The first-order valence-electron chi connectivity index (χ1n) is 10.6. The molecule has 2 fully saturated rings. The molecule has 0 bridgehead atoms. The maximum Gasteiger partial charge on any atom is 0.357 e. The zero-order chi connectivity index (χ0) is 20.9. The Kier molecular flexibility index (Phi) is 6.45. The van der Waals surface area contributed by atoms with Gasteiger partial charge in [0, 0.05) is 13.2 Å². The summed E-state index contributed by atoms with van der Waals surface area (Å²) in [6.45, 7) is 1.36. The third kappa shape index (κ3) is 4.89. The second-order valence-corrected chi connectivity index (χ2v) is 8.11. The number of ether oxygens (including phenoxy) is 1. The van der Waals surface area contributed by atoms with E-state index >= 15 is 0 Å². The summed E-state index contributed by atoms with van der Waals surface area (Å²) in [7, 11) is 0. The van der Waals surface area contributed by atoms with Crippen molar-refractivity contribution in [2.24, 2.45) is 5.92 Å². The molecule has 0 radical (unpaired) electrons. The standard InChI is InChI=1S/C24H27NO5/c26-23(27)19-11-9-18(10-12-19)22-15-21(29-16-17-5-4-6-17)13-14-25(22)30-24(28)20-7-2-1-3-8-20/h1-3,7-12,17,21-22H,4-6,13-16H2,(H,26,27)/t21-,22-/m0/s1. The van der Waals surface area contributed by atoms with Gasteiger partial charge in [-0.25, -0.2) is 9.59 Å². The fourth-order valence-corrected chi connectivity index (χ4v) is 3.99. The van der Waals surface area contributed by atoms with E-state index < -0.39 is 11.9 Å². The fraction of sp³-hybridized carbons (Fsp3) is 0.417. The van der Waals surface area contributed by atoms with Crippen LogP contribution in [0.25, 0.3) is 0 Å². The minimum absolute atomic E-state index is 0.0985. The van der Waals surface area contributed by atoms with Gasteiger partial charge < -0.3 is 14.7 Å². The van der Waals surface area contributed by atoms with Crippen molar-refractivity contribution in [3.05, 3.63) is 71.3 Å². The summed E-state index contributed by atoms with van der Waals surface area (Å²) in [6, 6.07) is 15.5. The highest BCUT2D eigenvalue weighted by molar-refractivity contribution is 5.89. The van der Waals surface area contributed by atoms with Crippen molar-refractivity contribution in [1.82, 2.24) is 5.06 Å². The SMILES string of the molecule is O=C(O)c1ccc([C@@H]2C[C@@H](OCC3CCC3)CCN2OC(=O)c2ccccc2)cc1. The van der Waals surface area contributed by atoms with Gasteiger partial charge in [-0.15, -0.1) is 5.06 Å². The summed E-state index contributed by atoms with van der Waals surface area (Å²) in [4.78, 5) is 29.5. The van der Waals surface area contributed by atoms with Gasteiger partial charge in [0.05, 0.1) is 23.3 Å². The van der Waals surface area contributed by atoms with Crippen molar-refractivity contribution in [3.63, 3.8) is 0 Å². The maximum absolute atomic E-state index is 12.6. The van der Waals surface area contributed by atoms with Crippen LogP contribution in [0.4, 0.5) is 0 Å². The maximum atomic E-state index is 12.6. The number of benzene rings is 2. The molecule has 1 aliphatic carbocycles. The largest absolute Gasteiger partial charge is 0.478 e. The zero-order valence-electron chi connectivity index (χ0n) is 16.9. The van der Waals surface area contributed by atoms with E-state index in [2.05, 4.69) is 0 Å². The molecule has 1 heterocycles. The summed E-state index contributed by atoms with van der Waals surface area (Å²) in [5.74, 6) is -0.678. The highest BCUT2D eigenvalue weighted by Gasteiger charge is 2.34. The molecule has 0 spiro atoms. The lowest BCUT2D eigenvalue weighted by Gasteiger charge is -2.38. The predicted octanol–water partition coefficient (Wildman–Crippen LogP) is 4.48. The van der Waals surface area contributed by atoms with Crippen molar-refractivity contribution in [2.75, 3.05) is 13.2 Å². The van der Waals surface area contributed by atoms with Crippen LogP contribution in [0, 0.1) is 5.92 Å². The van der Waals surface area contributed by atoms with Crippen LogP contribution in [-0.2, 0) is 9.57 Å². The lowest BCUT2D eigenvalue weighted by Crippen LogP contribution is -2.41. The van der Waals surface area contributed by atoms with Gasteiger partial charge in [0.2, 0.25) is 0 Å². The van der Waals surface area contributed by atoms with Crippen molar-refractivity contribution >= 4 is 11.9 Å². The fourth-order valence-electron chi connectivity index (χ4n) is 3.99. The Morgan fingerprint density at radius 2 is 1.70 bits per heavy atom. The van der Waals surface area contributed by atoms with E-state index in [4.69, 9.17) is 9.57 Å². The van der Waals surface area contributed by atoms with E-state index in [-0.39, 0.29) is 17.7 Å². The van der Waals surface area contributed by atoms with E-state index in [1.165, 1.54) is 19.3 Å². The molecule has 6 heteroatoms. The number of rotatable bonds is 7. The van der Waals surface area contributed by atoms with E-state index in [1.54, 1.807) is 53.6 Å². The lowest BCUT2D eigenvalue weighted by atomic mass is 9.86. The average Bonchev–Trinajstić information content (AvgIpc) is 2.74. The minimum atomic E-state index is -0.959. The molecule has 0 unspecified atom stereocenters. The summed E-state index contributed by atoms with van der Waals surface area (Å²) >= 11 is 0. The average molecular weight is 409 g/mol. The third-order valence-corrected chi connectivity index (χ3v) is 6.05. The van der Waals surface area contributed by atoms with Crippen molar-refractivity contribution < 1.29 is 24.3 Å². The topological polar surface area (TPSA) is 76.1 Å². The van der Waals surface area contributed by atoms with Gasteiger partial charge in [-0.3, -0.25) is 0 Å². The molecule has 6 nitrogen and oxygen atoms in total. The minimum Gasteiger partial charge on any atom is -0.478 e. The summed E-state index contributed by atoms with van der Waals surface area (Å²) < 4.78 is 6.18. The molecular formula is C24H27NO5. The summed E-state index contributed by atoms with van der Waals surface area (Å²) in [5, 5.41) is 10.9. The molecule has 1 aliphatic heterocycles. The highest BCUT2D eigenvalue weighted by atomic mass is 16.7. The number of aromatic carboxylic acids is 1. The first kappa shape index (κ1) is 20.6. The Bertz CT molecular complexity index is 863. The molecule has 30 heavy (non-hydrogen) atoms. The second kappa shape index (κ2) is 9.41. The molecule has 2 aromatic carbocycles. The molecular weight excluding hydrogens is 382 g/mol. The van der Waals surface area contributed by atoms with Gasteiger partial charge in [-0.1, -0.05) is 36.8 Å². The predicted molar refractivity (Wildman–Crippen MR) is 111 cm³/mol. The summed E-state index contributed by atoms with van der Waals surface area (Å²) in [5.41, 5.74) is 1.65. The Hall–Kier alpha value is -2.70. The monoisotopic (exact) mass is 409 g/mol. The molecule has 1 saturated heterocycles. The molecule has 1 saturated carbocycles. The number of carboxylic acids is 1. The first-order valence-corrected chi connectivity index (χ1v) is 10.6. The quantitative estimate of drug-likeness (QED) is 0.727. The van der Waals surface area contributed by atoms with E-state index in [1.807, 2.05) is 6.07 Å². The second-order valence-electron chi connectivity index (χ2n) is 8.11. The normalized spacial score (nSPS) is 22.3. The third-order valence-electron chi connectivity index (χ3n) is 6.05. The molecule has 2 aromatic rings. The highest BCUT2D eigenvalue weighted by Crippen LogP contribution is 2.34. The first-order chi connectivity index (χ1) is 14.6. The van der Waals surface area contributed by atoms with Crippen LogP contribution < -0.4 is 0 Å². The number of carboxylic acid groups (broad SMARTS) is 1. The van der Waals surface area contributed by atoms with Crippen molar-refractivity contribution in [1.29, 1.82) is 0 Å². The van der Waals surface area contributed by atoms with Crippen LogP contribution in [0.5, 0.6) is 0 Å². The smallest absolute Gasteiger partial charge is 0.357 e. The van der Waals surface area contributed by atoms with E-state index in [9.17, 15) is 14.7 Å². The molecule has 2 atom stereocenters. The van der Waals surface area contributed by atoms with Gasteiger partial charge >= 0.3 is 11.9 Å². The molecule has 0 amide bonds. The van der Waals surface area contributed by atoms with Gasteiger partial charge in [0.15, 0.2) is 0 Å². The number of nitrogens with zero attached hydrogens (tertiary/aromatic N) is 1. The van der Waals surface area contributed by atoms with E-state index in [0.29, 0.717) is 24.4 Å². The molecule has 0 aromatic heterocycles. The zero-order valence-corrected chi connectivity index (χ0v) is 16.9. The van der Waals surface area contributed by atoms with Gasteiger partial charge in [0.1, 0.15) is 0 Å². The molecule has 1 N–H and O–H groups in total. The Balaban J connectivity index is 1.48. The molecule has 158 valence electrons. The van der Waals surface area contributed by atoms with Crippen LogP contribution in [0.3, 0.4) is 0 Å².